The molecule has 9 heteroatoms. The van der Waals surface area contributed by atoms with Crippen molar-refractivity contribution in [1.29, 1.82) is 5.26 Å². The van der Waals surface area contributed by atoms with E-state index in [1.807, 2.05) is 17.5 Å². The Labute approximate surface area is 208 Å². The number of carbonyl (C=O) groups excluding carboxylic acids is 1. The van der Waals surface area contributed by atoms with Gasteiger partial charge in [-0.15, -0.1) is 0 Å². The lowest BCUT2D eigenvalue weighted by Crippen LogP contribution is -2.52. The van der Waals surface area contributed by atoms with Crippen molar-refractivity contribution in [3.05, 3.63) is 52.8 Å². The minimum absolute atomic E-state index is 0.0917. The van der Waals surface area contributed by atoms with Gasteiger partial charge in [0, 0.05) is 25.4 Å². The van der Waals surface area contributed by atoms with E-state index >= 15 is 0 Å². The SMILES string of the molecule is CCOc1cc2c(cc1Cl)N(SC)CC(C(=O)N1CCC(C#N)(Cc3ccc(F)cc3)CC1)O2. The smallest absolute Gasteiger partial charge is 0.265 e. The van der Waals surface area contributed by atoms with Crippen LogP contribution in [0.3, 0.4) is 0 Å². The molecule has 1 fully saturated rings. The number of amides is 1. The van der Waals surface area contributed by atoms with Gasteiger partial charge in [-0.05, 0) is 49.9 Å². The molecule has 0 aliphatic carbocycles. The van der Waals surface area contributed by atoms with Crippen LogP contribution < -0.4 is 13.8 Å². The van der Waals surface area contributed by atoms with Crippen molar-refractivity contribution >= 4 is 35.1 Å². The number of ether oxygens (including phenoxy) is 2. The number of benzene rings is 2. The van der Waals surface area contributed by atoms with E-state index in [0.29, 0.717) is 62.0 Å². The fourth-order valence-electron chi connectivity index (χ4n) is 4.50. The molecule has 2 aromatic rings. The Balaban J connectivity index is 1.45. The number of rotatable bonds is 6. The number of hydrogen-bond acceptors (Lipinski definition) is 6. The average molecular weight is 504 g/mol. The first-order valence-electron chi connectivity index (χ1n) is 11.3. The largest absolute Gasteiger partial charge is 0.492 e. The Hall–Kier alpha value is -2.63. The average Bonchev–Trinajstić information content (AvgIpc) is 2.85. The van der Waals surface area contributed by atoms with E-state index in [9.17, 15) is 14.4 Å². The van der Waals surface area contributed by atoms with Gasteiger partial charge in [0.25, 0.3) is 5.91 Å². The molecule has 34 heavy (non-hydrogen) atoms. The van der Waals surface area contributed by atoms with Crippen molar-refractivity contribution < 1.29 is 18.7 Å². The molecule has 0 radical (unpaired) electrons. The molecular weight excluding hydrogens is 477 g/mol. The lowest BCUT2D eigenvalue weighted by Gasteiger charge is -2.40. The number of anilines is 1. The third-order valence-corrected chi connectivity index (χ3v) is 7.49. The second-order valence-electron chi connectivity index (χ2n) is 8.55. The Morgan fingerprint density at radius 2 is 2.03 bits per heavy atom. The Kier molecular flexibility index (Phi) is 7.44. The molecule has 0 N–H and O–H groups in total. The second kappa shape index (κ2) is 10.3. The summed E-state index contributed by atoms with van der Waals surface area (Å²) in [5.74, 6) is 0.700. The van der Waals surface area contributed by atoms with Gasteiger partial charge in [-0.25, -0.2) is 4.39 Å². The summed E-state index contributed by atoms with van der Waals surface area (Å²) < 4.78 is 27.0. The van der Waals surface area contributed by atoms with Crippen molar-refractivity contribution in [2.24, 2.45) is 5.41 Å². The van der Waals surface area contributed by atoms with E-state index in [4.69, 9.17) is 21.1 Å². The first-order valence-corrected chi connectivity index (χ1v) is 12.8. The zero-order valence-electron chi connectivity index (χ0n) is 19.2. The van der Waals surface area contributed by atoms with Crippen LogP contribution in [0.25, 0.3) is 0 Å². The number of nitriles is 1. The maximum absolute atomic E-state index is 13.4. The fourth-order valence-corrected chi connectivity index (χ4v) is 5.34. The summed E-state index contributed by atoms with van der Waals surface area (Å²) in [6.45, 7) is 3.70. The van der Waals surface area contributed by atoms with Gasteiger partial charge in [0.05, 0.1) is 35.3 Å². The summed E-state index contributed by atoms with van der Waals surface area (Å²) in [7, 11) is 0. The molecule has 2 aliphatic heterocycles. The van der Waals surface area contributed by atoms with E-state index in [1.165, 1.54) is 24.1 Å². The van der Waals surface area contributed by atoms with E-state index in [1.54, 1.807) is 29.2 Å². The lowest BCUT2D eigenvalue weighted by molar-refractivity contribution is -0.140. The van der Waals surface area contributed by atoms with E-state index in [0.717, 1.165) is 11.3 Å². The van der Waals surface area contributed by atoms with Crippen LogP contribution in [0.2, 0.25) is 5.02 Å². The molecule has 0 aromatic heterocycles. The summed E-state index contributed by atoms with van der Waals surface area (Å²) in [6.07, 6.45) is 2.94. The molecule has 0 saturated carbocycles. The molecule has 1 amide bonds. The molecule has 2 aromatic carbocycles. The predicted octanol–water partition coefficient (Wildman–Crippen LogP) is 5.10. The van der Waals surface area contributed by atoms with Gasteiger partial charge in [0.1, 0.15) is 17.3 Å². The Morgan fingerprint density at radius 1 is 1.32 bits per heavy atom. The maximum atomic E-state index is 13.4. The van der Waals surface area contributed by atoms with Crippen LogP contribution in [0.15, 0.2) is 36.4 Å². The zero-order valence-corrected chi connectivity index (χ0v) is 20.8. The lowest BCUT2D eigenvalue weighted by atomic mass is 9.75. The number of likely N-dealkylation sites (tertiary alicyclic amines) is 1. The van der Waals surface area contributed by atoms with Crippen LogP contribution >= 0.6 is 23.5 Å². The molecule has 2 aliphatic rings. The van der Waals surface area contributed by atoms with Crippen LogP contribution in [-0.2, 0) is 11.2 Å². The third-order valence-electron chi connectivity index (χ3n) is 6.40. The maximum Gasteiger partial charge on any atom is 0.265 e. The summed E-state index contributed by atoms with van der Waals surface area (Å²) in [4.78, 5) is 15.2. The molecule has 1 unspecified atom stereocenters. The molecule has 2 heterocycles. The Bertz CT molecular complexity index is 1080. The minimum Gasteiger partial charge on any atom is -0.492 e. The highest BCUT2D eigenvalue weighted by atomic mass is 35.5. The summed E-state index contributed by atoms with van der Waals surface area (Å²) in [6, 6.07) is 12.3. The van der Waals surface area contributed by atoms with Crippen molar-refractivity contribution in [2.45, 2.75) is 32.3 Å². The van der Waals surface area contributed by atoms with Crippen molar-refractivity contribution in [3.63, 3.8) is 0 Å². The van der Waals surface area contributed by atoms with Gasteiger partial charge < -0.3 is 18.7 Å². The second-order valence-corrected chi connectivity index (χ2v) is 9.77. The van der Waals surface area contributed by atoms with Gasteiger partial charge in [-0.3, -0.25) is 4.79 Å². The number of nitrogens with zero attached hydrogens (tertiary/aromatic N) is 3. The summed E-state index contributed by atoms with van der Waals surface area (Å²) in [5.41, 5.74) is 1.17. The standard InChI is InChI=1S/C25H27ClFN3O3S/c1-3-32-21-13-22-20(12-19(21)26)30(34-2)15-23(33-22)24(31)29-10-8-25(16-28,9-11-29)14-17-4-6-18(27)7-5-17/h4-7,12-13,23H,3,8-11,14-15H2,1-2H3. The predicted molar refractivity (Wildman–Crippen MR) is 132 cm³/mol. The van der Waals surface area contributed by atoms with Gasteiger partial charge >= 0.3 is 0 Å². The van der Waals surface area contributed by atoms with Crippen molar-refractivity contribution in [1.82, 2.24) is 4.90 Å². The van der Waals surface area contributed by atoms with Crippen LogP contribution in [-0.4, -0.2) is 49.4 Å². The summed E-state index contributed by atoms with van der Waals surface area (Å²) in [5, 5.41) is 10.4. The van der Waals surface area contributed by atoms with E-state index in [2.05, 4.69) is 6.07 Å². The monoisotopic (exact) mass is 503 g/mol. The van der Waals surface area contributed by atoms with Gasteiger partial charge in [0.15, 0.2) is 6.10 Å². The van der Waals surface area contributed by atoms with Crippen molar-refractivity contribution in [2.75, 3.05) is 36.8 Å². The summed E-state index contributed by atoms with van der Waals surface area (Å²) >= 11 is 7.86. The zero-order chi connectivity index (χ0) is 24.3. The number of carbonyl (C=O) groups is 1. The molecule has 1 atom stereocenters. The molecule has 1 saturated heterocycles. The normalized spacial score (nSPS) is 19.1. The van der Waals surface area contributed by atoms with Gasteiger partial charge in [-0.1, -0.05) is 35.7 Å². The topological polar surface area (TPSA) is 65.8 Å². The highest BCUT2D eigenvalue weighted by Gasteiger charge is 2.40. The molecule has 6 nitrogen and oxygen atoms in total. The van der Waals surface area contributed by atoms with Crippen LogP contribution in [0.5, 0.6) is 11.5 Å². The van der Waals surface area contributed by atoms with Crippen LogP contribution in [0.1, 0.15) is 25.3 Å². The number of fused-ring (bicyclic) bond motifs is 1. The first-order chi connectivity index (χ1) is 16.4. The first kappa shape index (κ1) is 24.5. The van der Waals surface area contributed by atoms with Crippen LogP contribution in [0, 0.1) is 22.6 Å². The molecular formula is C25H27ClFN3O3S. The number of halogens is 2. The number of hydrogen-bond donors (Lipinski definition) is 0. The van der Waals surface area contributed by atoms with Crippen molar-refractivity contribution in [3.8, 4) is 17.6 Å². The van der Waals surface area contributed by atoms with Gasteiger partial charge in [0.2, 0.25) is 0 Å². The quantitative estimate of drug-likeness (QED) is 0.511. The molecule has 0 bridgehead atoms. The molecule has 4 rings (SSSR count). The third kappa shape index (κ3) is 5.06. The highest BCUT2D eigenvalue weighted by Crippen LogP contribution is 2.43. The van der Waals surface area contributed by atoms with Gasteiger partial charge in [-0.2, -0.15) is 5.26 Å². The van der Waals surface area contributed by atoms with E-state index in [-0.39, 0.29) is 11.7 Å². The Morgan fingerprint density at radius 3 is 2.65 bits per heavy atom. The minimum atomic E-state index is -0.665. The number of piperidine rings is 1. The van der Waals surface area contributed by atoms with E-state index < -0.39 is 11.5 Å². The van der Waals surface area contributed by atoms with Crippen LogP contribution in [0.4, 0.5) is 10.1 Å². The fraction of sp³-hybridized carbons (Fsp3) is 0.440. The molecule has 0 spiro atoms. The molecule has 180 valence electrons. The highest BCUT2D eigenvalue weighted by molar-refractivity contribution is 8.00.